The molecule has 2 N–H and O–H groups in total. The molecule has 1 aliphatic heterocycles. The van der Waals surface area contributed by atoms with Crippen LogP contribution >= 0.6 is 11.3 Å². The molecule has 0 atom stereocenters. The summed E-state index contributed by atoms with van der Waals surface area (Å²) in [6, 6.07) is 5.75. The Morgan fingerprint density at radius 2 is 2.00 bits per heavy atom. The van der Waals surface area contributed by atoms with Crippen LogP contribution in [0.3, 0.4) is 0 Å². The third kappa shape index (κ3) is 3.27. The highest BCUT2D eigenvalue weighted by Crippen LogP contribution is 2.23. The zero-order valence-corrected chi connectivity index (χ0v) is 13.8. The molecule has 2 amide bonds. The van der Waals surface area contributed by atoms with E-state index in [4.69, 9.17) is 5.73 Å². The van der Waals surface area contributed by atoms with Crippen LogP contribution in [-0.4, -0.2) is 34.8 Å². The van der Waals surface area contributed by atoms with Gasteiger partial charge in [-0.2, -0.15) is 11.3 Å². The first kappa shape index (κ1) is 15.7. The Kier molecular flexibility index (Phi) is 4.43. The molecule has 2 aromatic heterocycles. The lowest BCUT2D eigenvalue weighted by molar-refractivity contribution is -0.123. The second-order valence-electron chi connectivity index (χ2n) is 5.81. The molecule has 0 unspecified atom stereocenters. The smallest absolute Gasteiger partial charge is 0.255 e. The molecule has 0 bridgehead atoms. The molecule has 0 radical (unpaired) electrons. The molecule has 1 saturated heterocycles. The zero-order chi connectivity index (χ0) is 16.4. The quantitative estimate of drug-likeness (QED) is 0.940. The molecule has 2 aromatic rings. The minimum atomic E-state index is -0.268. The fraction of sp³-hybridized carbons (Fsp3) is 0.353. The van der Waals surface area contributed by atoms with Gasteiger partial charge < -0.3 is 10.6 Å². The first-order valence-electron chi connectivity index (χ1n) is 7.65. The summed E-state index contributed by atoms with van der Waals surface area (Å²) < 4.78 is 0. The van der Waals surface area contributed by atoms with Crippen LogP contribution in [0, 0.1) is 12.8 Å². The summed E-state index contributed by atoms with van der Waals surface area (Å²) in [4.78, 5) is 30.2. The molecule has 5 nitrogen and oxygen atoms in total. The summed E-state index contributed by atoms with van der Waals surface area (Å²) in [5, 5.41) is 4.05. The van der Waals surface area contributed by atoms with Crippen molar-refractivity contribution in [1.82, 2.24) is 9.88 Å². The van der Waals surface area contributed by atoms with E-state index in [2.05, 4.69) is 4.98 Å². The Labute approximate surface area is 139 Å². The summed E-state index contributed by atoms with van der Waals surface area (Å²) in [7, 11) is 0. The van der Waals surface area contributed by atoms with E-state index in [1.54, 1.807) is 16.2 Å². The number of amides is 2. The van der Waals surface area contributed by atoms with Crippen molar-refractivity contribution < 1.29 is 9.59 Å². The number of aromatic nitrogens is 1. The summed E-state index contributed by atoms with van der Waals surface area (Å²) in [5.74, 6) is -0.399. The number of nitrogens with zero attached hydrogens (tertiary/aromatic N) is 2. The molecule has 1 aliphatic rings. The van der Waals surface area contributed by atoms with E-state index in [0.717, 1.165) is 17.0 Å². The second kappa shape index (κ2) is 6.50. The van der Waals surface area contributed by atoms with Crippen LogP contribution in [0.1, 0.15) is 28.9 Å². The van der Waals surface area contributed by atoms with Gasteiger partial charge in [0.05, 0.1) is 17.0 Å². The van der Waals surface area contributed by atoms with E-state index in [1.807, 2.05) is 35.9 Å². The van der Waals surface area contributed by atoms with Gasteiger partial charge in [-0.1, -0.05) is 0 Å². The standard InChI is InChI=1S/C17H19N3O2S/c1-11-14(2-3-15(19-11)13-6-9-23-10-13)17(22)20-7-4-12(5-8-20)16(18)21/h2-3,6,9-10,12H,4-5,7-8H2,1H3,(H2,18,21). The average Bonchev–Trinajstić information content (AvgIpc) is 3.08. The molecule has 0 aliphatic carbocycles. The minimum Gasteiger partial charge on any atom is -0.369 e. The van der Waals surface area contributed by atoms with Crippen molar-refractivity contribution in [2.45, 2.75) is 19.8 Å². The van der Waals surface area contributed by atoms with Crippen LogP contribution in [-0.2, 0) is 4.79 Å². The first-order valence-corrected chi connectivity index (χ1v) is 8.59. The molecule has 120 valence electrons. The van der Waals surface area contributed by atoms with Gasteiger partial charge in [-0.25, -0.2) is 0 Å². The van der Waals surface area contributed by atoms with E-state index in [-0.39, 0.29) is 17.7 Å². The van der Waals surface area contributed by atoms with Crippen LogP contribution in [0.25, 0.3) is 11.3 Å². The lowest BCUT2D eigenvalue weighted by atomic mass is 9.95. The Morgan fingerprint density at radius 1 is 1.26 bits per heavy atom. The molecule has 0 saturated carbocycles. The third-order valence-electron chi connectivity index (χ3n) is 4.32. The van der Waals surface area contributed by atoms with Crippen LogP contribution < -0.4 is 5.73 Å². The van der Waals surface area contributed by atoms with Crippen molar-refractivity contribution in [3.63, 3.8) is 0 Å². The highest BCUT2D eigenvalue weighted by Gasteiger charge is 2.27. The van der Waals surface area contributed by atoms with E-state index in [9.17, 15) is 9.59 Å². The summed E-state index contributed by atoms with van der Waals surface area (Å²) >= 11 is 1.62. The fourth-order valence-electron chi connectivity index (χ4n) is 2.90. The maximum atomic E-state index is 12.7. The van der Waals surface area contributed by atoms with Gasteiger partial charge in [0.25, 0.3) is 5.91 Å². The van der Waals surface area contributed by atoms with E-state index < -0.39 is 0 Å². The Balaban J connectivity index is 1.74. The lowest BCUT2D eigenvalue weighted by Crippen LogP contribution is -2.42. The number of likely N-dealkylation sites (tertiary alicyclic amines) is 1. The number of pyridine rings is 1. The van der Waals surface area contributed by atoms with Gasteiger partial charge in [-0.05, 0) is 43.3 Å². The number of hydrogen-bond acceptors (Lipinski definition) is 4. The Morgan fingerprint density at radius 3 is 2.57 bits per heavy atom. The molecule has 0 spiro atoms. The van der Waals surface area contributed by atoms with Crippen LogP contribution in [0.15, 0.2) is 29.0 Å². The highest BCUT2D eigenvalue weighted by atomic mass is 32.1. The Hall–Kier alpha value is -2.21. The highest BCUT2D eigenvalue weighted by molar-refractivity contribution is 7.08. The molecule has 0 aromatic carbocycles. The third-order valence-corrected chi connectivity index (χ3v) is 5.00. The number of carbonyl (C=O) groups excluding carboxylic acids is 2. The minimum absolute atomic E-state index is 0.0187. The van der Waals surface area contributed by atoms with Crippen molar-refractivity contribution >= 4 is 23.2 Å². The number of nitrogens with two attached hydrogens (primary N) is 1. The lowest BCUT2D eigenvalue weighted by Gasteiger charge is -2.30. The SMILES string of the molecule is Cc1nc(-c2ccsc2)ccc1C(=O)N1CCC(C(N)=O)CC1. The molecular weight excluding hydrogens is 310 g/mol. The van der Waals surface area contributed by atoms with Crippen molar-refractivity contribution in [1.29, 1.82) is 0 Å². The number of rotatable bonds is 3. The predicted molar refractivity (Wildman–Crippen MR) is 90.1 cm³/mol. The zero-order valence-electron chi connectivity index (χ0n) is 13.0. The number of aryl methyl sites for hydroxylation is 1. The van der Waals surface area contributed by atoms with E-state index in [1.165, 1.54) is 0 Å². The second-order valence-corrected chi connectivity index (χ2v) is 6.59. The normalized spacial score (nSPS) is 15.6. The number of hydrogen-bond donors (Lipinski definition) is 1. The number of carbonyl (C=O) groups is 2. The van der Waals surface area contributed by atoms with Crippen molar-refractivity contribution in [3.8, 4) is 11.3 Å². The van der Waals surface area contributed by atoms with E-state index in [0.29, 0.717) is 31.5 Å². The van der Waals surface area contributed by atoms with Crippen LogP contribution in [0.5, 0.6) is 0 Å². The largest absolute Gasteiger partial charge is 0.369 e. The van der Waals surface area contributed by atoms with Crippen molar-refractivity contribution in [2.24, 2.45) is 11.7 Å². The number of primary amides is 1. The first-order chi connectivity index (χ1) is 11.1. The average molecular weight is 329 g/mol. The van der Waals surface area contributed by atoms with E-state index >= 15 is 0 Å². The summed E-state index contributed by atoms with van der Waals surface area (Å²) in [5.41, 5.74) is 8.65. The van der Waals surface area contributed by atoms with Gasteiger partial charge in [0.2, 0.25) is 5.91 Å². The van der Waals surface area contributed by atoms with Gasteiger partial charge in [0.1, 0.15) is 0 Å². The van der Waals surface area contributed by atoms with Gasteiger partial charge in [0.15, 0.2) is 0 Å². The van der Waals surface area contributed by atoms with Crippen molar-refractivity contribution in [3.05, 3.63) is 40.2 Å². The van der Waals surface area contributed by atoms with Gasteiger partial charge in [-0.15, -0.1) is 0 Å². The number of thiophene rings is 1. The topological polar surface area (TPSA) is 76.3 Å². The van der Waals surface area contributed by atoms with Crippen LogP contribution in [0.4, 0.5) is 0 Å². The number of piperidine rings is 1. The molecule has 3 heterocycles. The Bertz CT molecular complexity index is 719. The summed E-state index contributed by atoms with van der Waals surface area (Å²) in [6.45, 7) is 3.00. The molecule has 1 fully saturated rings. The van der Waals surface area contributed by atoms with Crippen molar-refractivity contribution in [2.75, 3.05) is 13.1 Å². The maximum Gasteiger partial charge on any atom is 0.255 e. The molecule has 6 heteroatoms. The van der Waals surface area contributed by atoms with Gasteiger partial charge in [-0.3, -0.25) is 14.6 Å². The maximum absolute atomic E-state index is 12.7. The van der Waals surface area contributed by atoms with Crippen LogP contribution in [0.2, 0.25) is 0 Å². The molecule has 23 heavy (non-hydrogen) atoms. The summed E-state index contributed by atoms with van der Waals surface area (Å²) in [6.07, 6.45) is 1.28. The molecule has 3 rings (SSSR count). The van der Waals surface area contributed by atoms with Gasteiger partial charge in [0, 0.05) is 30.0 Å². The predicted octanol–water partition coefficient (Wildman–Crippen LogP) is 2.46. The van der Waals surface area contributed by atoms with Gasteiger partial charge >= 0.3 is 0 Å². The molecular formula is C17H19N3O2S. The fourth-order valence-corrected chi connectivity index (χ4v) is 3.55. The monoisotopic (exact) mass is 329 g/mol.